The van der Waals surface area contributed by atoms with Crippen molar-refractivity contribution in [3.05, 3.63) is 88.8 Å². The molecule has 0 bridgehead atoms. The lowest BCUT2D eigenvalue weighted by Gasteiger charge is -2.24. The van der Waals surface area contributed by atoms with Crippen LogP contribution >= 0.6 is 0 Å². The molecule has 1 aliphatic rings. The summed E-state index contributed by atoms with van der Waals surface area (Å²) in [6, 6.07) is 7.04. The van der Waals surface area contributed by atoms with Gasteiger partial charge in [0.25, 0.3) is 11.8 Å². The zero-order valence-electron chi connectivity index (χ0n) is 38.3. The van der Waals surface area contributed by atoms with Crippen molar-refractivity contribution in [2.24, 2.45) is 5.92 Å². The molecule has 4 atom stereocenters. The summed E-state index contributed by atoms with van der Waals surface area (Å²) in [6.45, 7) is 5.19. The van der Waals surface area contributed by atoms with Crippen LogP contribution in [0, 0.1) is 5.92 Å². The highest BCUT2D eigenvalue weighted by Crippen LogP contribution is 2.22. The summed E-state index contributed by atoms with van der Waals surface area (Å²) >= 11 is 0. The van der Waals surface area contributed by atoms with E-state index in [1.165, 1.54) is 42.2 Å². The predicted molar refractivity (Wildman–Crippen MR) is 250 cm³/mol. The van der Waals surface area contributed by atoms with Gasteiger partial charge in [-0.25, -0.2) is 14.8 Å². The SMILES string of the molecule is CC(C)[C@H](NC(=O)CCCCCN1C(=O)C=CC1O)C(=O)N[C@@H](C)C(=O)Nc1ccc(C(=O)NCCC[C@H](NC(=O)c2ccc(CCc3cnc4nc(N)nc(N)c4n3)cc2)C(=O)O)c(C(O)O)c1. The molecule has 1 aliphatic heterocycles. The first-order valence-electron chi connectivity index (χ1n) is 22.3. The van der Waals surface area contributed by atoms with Gasteiger partial charge in [0, 0.05) is 48.0 Å². The Bertz CT molecular complexity index is 2560. The number of carboxylic acid groups (broad SMARTS) is 1. The van der Waals surface area contributed by atoms with Crippen LogP contribution < -0.4 is 38.1 Å². The Hall–Kier alpha value is -7.63. The molecule has 0 saturated heterocycles. The number of nitrogens with one attached hydrogen (secondary N) is 5. The van der Waals surface area contributed by atoms with Gasteiger partial charge in [0.15, 0.2) is 23.3 Å². The molecule has 23 heteroatoms. The number of rotatable bonds is 24. The molecule has 0 saturated carbocycles. The first kappa shape index (κ1) is 52.3. The number of fused-ring (bicyclic) bond motifs is 1. The van der Waals surface area contributed by atoms with Crippen LogP contribution in [0.4, 0.5) is 17.5 Å². The van der Waals surface area contributed by atoms with Crippen molar-refractivity contribution < 1.29 is 54.0 Å². The van der Waals surface area contributed by atoms with Gasteiger partial charge in [-0.1, -0.05) is 32.4 Å². The molecule has 0 aliphatic carbocycles. The van der Waals surface area contributed by atoms with E-state index in [9.17, 15) is 54.0 Å². The first-order chi connectivity index (χ1) is 32.8. The quantitative estimate of drug-likeness (QED) is 0.0338. The topological polar surface area (TPSA) is 367 Å². The molecular weight excluding hydrogens is 897 g/mol. The van der Waals surface area contributed by atoms with E-state index in [4.69, 9.17) is 11.5 Å². The summed E-state index contributed by atoms with van der Waals surface area (Å²) in [7, 11) is 0. The third-order valence-corrected chi connectivity index (χ3v) is 11.1. The van der Waals surface area contributed by atoms with Crippen molar-refractivity contribution in [2.75, 3.05) is 29.9 Å². The lowest BCUT2D eigenvalue weighted by atomic mass is 10.0. The molecule has 0 fully saturated rings. The van der Waals surface area contributed by atoms with Gasteiger partial charge in [-0.15, -0.1) is 0 Å². The van der Waals surface area contributed by atoms with Crippen LogP contribution in [-0.2, 0) is 36.8 Å². The molecule has 2 aromatic heterocycles. The van der Waals surface area contributed by atoms with Gasteiger partial charge in [-0.2, -0.15) is 9.97 Å². The first-order valence-corrected chi connectivity index (χ1v) is 22.3. The van der Waals surface area contributed by atoms with Gasteiger partial charge in [0.05, 0.1) is 11.9 Å². The minimum absolute atomic E-state index is 0.00488. The summed E-state index contributed by atoms with van der Waals surface area (Å²) in [4.78, 5) is 107. The number of aryl methyl sites for hydroxylation is 2. The van der Waals surface area contributed by atoms with Crippen molar-refractivity contribution in [1.29, 1.82) is 0 Å². The Morgan fingerprint density at radius 1 is 0.841 bits per heavy atom. The Morgan fingerprint density at radius 2 is 1.58 bits per heavy atom. The maximum absolute atomic E-state index is 13.2. The largest absolute Gasteiger partial charge is 0.480 e. The van der Waals surface area contributed by atoms with E-state index >= 15 is 0 Å². The second kappa shape index (κ2) is 24.4. The Labute approximate surface area is 396 Å². The number of aliphatic hydroxyl groups excluding tert-OH is 2. The summed E-state index contributed by atoms with van der Waals surface area (Å²) in [5, 5.41) is 52.8. The fraction of sp³-hybridized carbons (Fsp3) is 0.413. The van der Waals surface area contributed by atoms with Crippen molar-refractivity contribution in [3.8, 4) is 0 Å². The van der Waals surface area contributed by atoms with Crippen LogP contribution in [0.5, 0.6) is 0 Å². The van der Waals surface area contributed by atoms with Gasteiger partial charge in [-0.3, -0.25) is 28.8 Å². The highest BCUT2D eigenvalue weighted by molar-refractivity contribution is 6.00. The number of hydrogen-bond acceptors (Lipinski definition) is 16. The van der Waals surface area contributed by atoms with Crippen LogP contribution in [0.25, 0.3) is 11.2 Å². The number of nitrogens with zero attached hydrogens (tertiary/aromatic N) is 5. The highest BCUT2D eigenvalue weighted by atomic mass is 16.5. The second-order valence-corrected chi connectivity index (χ2v) is 16.8. The molecule has 23 nitrogen and oxygen atoms in total. The summed E-state index contributed by atoms with van der Waals surface area (Å²) in [5.74, 6) is -4.77. The van der Waals surface area contributed by atoms with Gasteiger partial charge < -0.3 is 63.4 Å². The average molecular weight is 955 g/mol. The molecule has 13 N–H and O–H groups in total. The number of anilines is 3. The van der Waals surface area contributed by atoms with Crippen molar-refractivity contribution >= 4 is 70.0 Å². The van der Waals surface area contributed by atoms with Crippen LogP contribution in [0.1, 0.15) is 103 Å². The molecule has 3 heterocycles. The van der Waals surface area contributed by atoms with E-state index < -0.39 is 60.2 Å². The lowest BCUT2D eigenvalue weighted by Crippen LogP contribution is -2.53. The van der Waals surface area contributed by atoms with E-state index in [1.54, 1.807) is 44.3 Å². The minimum atomic E-state index is -2.13. The lowest BCUT2D eigenvalue weighted by molar-refractivity contribution is -0.139. The van der Waals surface area contributed by atoms with Crippen LogP contribution in [0.2, 0.25) is 0 Å². The minimum Gasteiger partial charge on any atom is -0.480 e. The molecule has 4 aromatic rings. The normalized spacial score (nSPS) is 14.6. The molecule has 0 radical (unpaired) electrons. The van der Waals surface area contributed by atoms with Crippen molar-refractivity contribution in [3.63, 3.8) is 0 Å². The number of benzene rings is 2. The van der Waals surface area contributed by atoms with Crippen LogP contribution in [0.3, 0.4) is 0 Å². The fourth-order valence-electron chi connectivity index (χ4n) is 7.25. The summed E-state index contributed by atoms with van der Waals surface area (Å²) in [5.41, 5.74) is 13.6. The Balaban J connectivity index is 1.04. The number of carbonyl (C=O) groups is 7. The highest BCUT2D eigenvalue weighted by Gasteiger charge is 2.28. The smallest absolute Gasteiger partial charge is 0.326 e. The maximum Gasteiger partial charge on any atom is 0.326 e. The van der Waals surface area contributed by atoms with Gasteiger partial charge in [-0.05, 0) is 93.3 Å². The number of nitrogens with two attached hydrogens (primary N) is 2. The third kappa shape index (κ3) is 14.9. The van der Waals surface area contributed by atoms with E-state index in [-0.39, 0.29) is 83.3 Å². The monoisotopic (exact) mass is 954 g/mol. The van der Waals surface area contributed by atoms with Gasteiger partial charge >= 0.3 is 5.97 Å². The predicted octanol–water partition coefficient (Wildman–Crippen LogP) is 0.607. The Kier molecular flexibility index (Phi) is 18.5. The number of aromatic nitrogens is 4. The molecule has 5 rings (SSSR count). The molecule has 0 spiro atoms. The fourth-order valence-corrected chi connectivity index (χ4v) is 7.25. The molecule has 6 amide bonds. The van der Waals surface area contributed by atoms with Crippen molar-refractivity contribution in [2.45, 2.75) is 103 Å². The number of nitrogen functional groups attached to an aromatic ring is 2. The van der Waals surface area contributed by atoms with Gasteiger partial charge in [0.1, 0.15) is 24.4 Å². The number of aliphatic hydroxyl groups is 3. The van der Waals surface area contributed by atoms with E-state index in [0.29, 0.717) is 49.9 Å². The van der Waals surface area contributed by atoms with E-state index in [1.807, 2.05) is 0 Å². The number of unbranched alkanes of at least 4 members (excludes halogenated alkanes) is 2. The molecule has 2 aromatic carbocycles. The van der Waals surface area contributed by atoms with Crippen LogP contribution in [0.15, 0.2) is 60.8 Å². The Morgan fingerprint density at radius 3 is 2.25 bits per heavy atom. The molecule has 69 heavy (non-hydrogen) atoms. The number of amides is 6. The average Bonchev–Trinajstić information content (AvgIpc) is 3.63. The van der Waals surface area contributed by atoms with Crippen molar-refractivity contribution in [1.82, 2.24) is 46.1 Å². The zero-order valence-corrected chi connectivity index (χ0v) is 38.3. The third-order valence-electron chi connectivity index (χ3n) is 11.1. The molecule has 368 valence electrons. The molecule has 1 unspecified atom stereocenters. The standard InChI is InChI=1S/C46H58N12O11/c1-24(2)36(55-33(59)9-5-4-6-21-58-34(60)18-19-35(58)61)43(65)51-25(3)40(62)53-28-16-17-30(31(22-28)44(66)67)42(64)49-20-7-8-32(45(68)69)54-41(63)27-13-10-26(11-14-27)12-15-29-23-50-39-37(52-29)38(47)56-46(48)57-39/h10-11,13-14,16-19,22-25,32,34,36,44,60,66-67H,4-9,12,15,20-21H2,1-3H3,(H,49,64)(H,51,65)(H,53,62)(H,54,63)(H,55,59)(H,68,69)(H4,47,48,50,56,57)/t25-,32-,34?,36-/m0/s1. The zero-order chi connectivity index (χ0) is 50.4. The maximum atomic E-state index is 13.2. The number of aliphatic carboxylic acids is 1. The summed E-state index contributed by atoms with van der Waals surface area (Å²) in [6.07, 6.45) is 4.10. The summed E-state index contributed by atoms with van der Waals surface area (Å²) < 4.78 is 0. The van der Waals surface area contributed by atoms with E-state index in [2.05, 4.69) is 46.5 Å². The van der Waals surface area contributed by atoms with E-state index in [0.717, 1.165) is 5.56 Å². The second-order valence-electron chi connectivity index (χ2n) is 16.8. The van der Waals surface area contributed by atoms with Gasteiger partial charge in [0.2, 0.25) is 29.6 Å². The molecular formula is C46H58N12O11. The van der Waals surface area contributed by atoms with Crippen LogP contribution in [-0.4, -0.2) is 124 Å². The number of hydrogen-bond donors (Lipinski definition) is 11. The number of carbonyl (C=O) groups excluding carboxylic acids is 6. The number of carboxylic acids is 1.